The van der Waals surface area contributed by atoms with E-state index in [1.807, 2.05) is 23.1 Å². The Morgan fingerprint density at radius 3 is 2.65 bits per heavy atom. The number of carbonyl (C=O) groups excluding carboxylic acids is 1. The lowest BCUT2D eigenvalue weighted by molar-refractivity contribution is -0.133. The molecule has 0 bridgehead atoms. The molecule has 1 aromatic carbocycles. The maximum absolute atomic E-state index is 12.6. The molecule has 2 saturated heterocycles. The van der Waals surface area contributed by atoms with Gasteiger partial charge in [0.25, 0.3) is 0 Å². The molecule has 2 aliphatic heterocycles. The average Bonchev–Trinajstić information content (AvgIpc) is 3.26. The summed E-state index contributed by atoms with van der Waals surface area (Å²) in [4.78, 5) is 14.6. The zero-order valence-electron chi connectivity index (χ0n) is 15.3. The SMILES string of the molecule is N[C@H]1c2ccccc2C2(CCN(C(=O)CCCC3CNNC3)CC2)[C@@H]1O. The third-order valence-electron chi connectivity index (χ3n) is 6.68. The molecule has 1 spiro atoms. The van der Waals surface area contributed by atoms with Gasteiger partial charge < -0.3 is 15.7 Å². The van der Waals surface area contributed by atoms with Crippen molar-refractivity contribution in [3.63, 3.8) is 0 Å². The number of aliphatic hydroxyl groups excluding tert-OH is 1. The van der Waals surface area contributed by atoms with E-state index in [4.69, 9.17) is 5.73 Å². The number of aliphatic hydroxyl groups is 1. The molecule has 26 heavy (non-hydrogen) atoms. The number of amides is 1. The molecule has 1 amide bonds. The largest absolute Gasteiger partial charge is 0.390 e. The zero-order chi connectivity index (χ0) is 18.1. The Morgan fingerprint density at radius 1 is 1.23 bits per heavy atom. The van der Waals surface area contributed by atoms with E-state index in [-0.39, 0.29) is 17.4 Å². The van der Waals surface area contributed by atoms with Crippen molar-refractivity contribution in [3.8, 4) is 0 Å². The zero-order valence-corrected chi connectivity index (χ0v) is 15.3. The number of hydrogen-bond donors (Lipinski definition) is 4. The van der Waals surface area contributed by atoms with Crippen molar-refractivity contribution in [1.29, 1.82) is 0 Å². The van der Waals surface area contributed by atoms with Crippen molar-refractivity contribution in [2.45, 2.75) is 49.7 Å². The molecule has 0 aromatic heterocycles. The molecular formula is C20H30N4O2. The summed E-state index contributed by atoms with van der Waals surface area (Å²) in [6, 6.07) is 7.82. The van der Waals surface area contributed by atoms with E-state index in [9.17, 15) is 9.90 Å². The lowest BCUT2D eigenvalue weighted by Gasteiger charge is -2.42. The highest BCUT2D eigenvalue weighted by molar-refractivity contribution is 5.76. The van der Waals surface area contributed by atoms with E-state index in [0.29, 0.717) is 25.4 Å². The molecule has 6 nitrogen and oxygen atoms in total. The highest BCUT2D eigenvalue weighted by atomic mass is 16.3. The summed E-state index contributed by atoms with van der Waals surface area (Å²) in [6.45, 7) is 3.42. The van der Waals surface area contributed by atoms with Gasteiger partial charge in [0.05, 0.1) is 12.1 Å². The molecule has 5 N–H and O–H groups in total. The third kappa shape index (κ3) is 3.05. The second-order valence-electron chi connectivity index (χ2n) is 8.11. The molecular weight excluding hydrogens is 328 g/mol. The van der Waals surface area contributed by atoms with Crippen LogP contribution in [0.25, 0.3) is 0 Å². The van der Waals surface area contributed by atoms with Crippen molar-refractivity contribution in [3.05, 3.63) is 35.4 Å². The number of carbonyl (C=O) groups is 1. The fourth-order valence-corrected chi connectivity index (χ4v) is 5.04. The van der Waals surface area contributed by atoms with Gasteiger partial charge in [0.2, 0.25) is 5.91 Å². The first-order valence-corrected chi connectivity index (χ1v) is 9.88. The van der Waals surface area contributed by atoms with Crippen LogP contribution in [0.5, 0.6) is 0 Å². The number of piperidine rings is 1. The quantitative estimate of drug-likeness (QED) is 0.640. The summed E-state index contributed by atoms with van der Waals surface area (Å²) in [7, 11) is 0. The minimum atomic E-state index is -0.556. The second kappa shape index (κ2) is 7.27. The van der Waals surface area contributed by atoms with E-state index in [1.54, 1.807) is 0 Å². The number of hydrogen-bond acceptors (Lipinski definition) is 5. The van der Waals surface area contributed by atoms with Crippen LogP contribution in [0.2, 0.25) is 0 Å². The van der Waals surface area contributed by atoms with Crippen LogP contribution in [0.15, 0.2) is 24.3 Å². The number of benzene rings is 1. The number of fused-ring (bicyclic) bond motifs is 2. The Labute approximate surface area is 155 Å². The Hall–Kier alpha value is -1.47. The number of likely N-dealkylation sites (tertiary alicyclic amines) is 1. The summed E-state index contributed by atoms with van der Waals surface area (Å²) in [5, 5.41) is 10.8. The second-order valence-corrected chi connectivity index (χ2v) is 8.11. The smallest absolute Gasteiger partial charge is 0.222 e. The van der Waals surface area contributed by atoms with Crippen molar-refractivity contribution in [1.82, 2.24) is 15.8 Å². The molecule has 0 radical (unpaired) electrons. The lowest BCUT2D eigenvalue weighted by atomic mass is 9.72. The highest BCUT2D eigenvalue weighted by Crippen LogP contribution is 2.50. The van der Waals surface area contributed by atoms with Crippen molar-refractivity contribution in [2.75, 3.05) is 26.2 Å². The molecule has 0 saturated carbocycles. The van der Waals surface area contributed by atoms with E-state index < -0.39 is 6.10 Å². The van der Waals surface area contributed by atoms with E-state index >= 15 is 0 Å². The number of nitrogens with two attached hydrogens (primary N) is 1. The van der Waals surface area contributed by atoms with Crippen molar-refractivity contribution in [2.24, 2.45) is 11.7 Å². The Kier molecular flexibility index (Phi) is 5.01. The van der Waals surface area contributed by atoms with Gasteiger partial charge in [-0.05, 0) is 42.7 Å². The molecule has 2 heterocycles. The number of nitrogens with one attached hydrogen (secondary N) is 2. The monoisotopic (exact) mass is 358 g/mol. The highest BCUT2D eigenvalue weighted by Gasteiger charge is 2.51. The maximum Gasteiger partial charge on any atom is 0.222 e. The Morgan fingerprint density at radius 2 is 1.92 bits per heavy atom. The standard InChI is InChI=1S/C20H30N4O2/c21-18-15-5-1-2-6-16(15)20(19(18)26)8-10-24(11-9-20)17(25)7-3-4-14-12-22-23-13-14/h1-2,5-6,14,18-19,22-23,26H,3-4,7-13,21H2/t18-,19+/m0/s1. The minimum Gasteiger partial charge on any atom is -0.390 e. The molecule has 2 fully saturated rings. The van der Waals surface area contributed by atoms with Crippen LogP contribution >= 0.6 is 0 Å². The van der Waals surface area contributed by atoms with Gasteiger partial charge in [0.15, 0.2) is 0 Å². The molecule has 0 unspecified atom stereocenters. The van der Waals surface area contributed by atoms with E-state index in [0.717, 1.165) is 44.3 Å². The van der Waals surface area contributed by atoms with Crippen molar-refractivity contribution < 1.29 is 9.90 Å². The van der Waals surface area contributed by atoms with Gasteiger partial charge in [-0.25, -0.2) is 0 Å². The van der Waals surface area contributed by atoms with Crippen LogP contribution in [0, 0.1) is 5.92 Å². The molecule has 1 aromatic rings. The van der Waals surface area contributed by atoms with Crippen molar-refractivity contribution >= 4 is 5.91 Å². The van der Waals surface area contributed by atoms with Gasteiger partial charge >= 0.3 is 0 Å². The molecule has 1 aliphatic carbocycles. The molecule has 6 heteroatoms. The first kappa shape index (κ1) is 17.9. The van der Waals surface area contributed by atoms with Crippen LogP contribution in [-0.2, 0) is 10.2 Å². The van der Waals surface area contributed by atoms with Crippen LogP contribution in [0.1, 0.15) is 49.3 Å². The predicted molar refractivity (Wildman–Crippen MR) is 100 cm³/mol. The number of hydrazine groups is 1. The number of rotatable bonds is 4. The third-order valence-corrected chi connectivity index (χ3v) is 6.68. The Balaban J connectivity index is 1.34. The van der Waals surface area contributed by atoms with Crippen LogP contribution < -0.4 is 16.6 Å². The van der Waals surface area contributed by atoms with Crippen LogP contribution in [-0.4, -0.2) is 48.2 Å². The minimum absolute atomic E-state index is 0.254. The fraction of sp³-hybridized carbons (Fsp3) is 0.650. The summed E-state index contributed by atoms with van der Waals surface area (Å²) in [6.07, 6.45) is 3.69. The lowest BCUT2D eigenvalue weighted by Crippen LogP contribution is -2.50. The predicted octanol–water partition coefficient (Wildman–Crippen LogP) is 0.815. The summed E-state index contributed by atoms with van der Waals surface area (Å²) in [5.74, 6) is 0.892. The van der Waals surface area contributed by atoms with E-state index in [1.165, 1.54) is 5.56 Å². The molecule has 4 rings (SSSR count). The van der Waals surface area contributed by atoms with Crippen LogP contribution in [0.4, 0.5) is 0 Å². The van der Waals surface area contributed by atoms with Gasteiger partial charge in [-0.1, -0.05) is 24.3 Å². The fourth-order valence-electron chi connectivity index (χ4n) is 5.04. The van der Waals surface area contributed by atoms with Gasteiger partial charge in [-0.15, -0.1) is 0 Å². The first-order valence-electron chi connectivity index (χ1n) is 9.88. The molecule has 3 aliphatic rings. The average molecular weight is 358 g/mol. The maximum atomic E-state index is 12.6. The van der Waals surface area contributed by atoms with E-state index in [2.05, 4.69) is 16.9 Å². The number of nitrogens with zero attached hydrogens (tertiary/aromatic N) is 1. The topological polar surface area (TPSA) is 90.6 Å². The van der Waals surface area contributed by atoms with Gasteiger partial charge in [0, 0.05) is 38.0 Å². The summed E-state index contributed by atoms with van der Waals surface area (Å²) in [5.41, 5.74) is 14.5. The normalized spacial score (nSPS) is 27.8. The first-order chi connectivity index (χ1) is 12.6. The Bertz CT molecular complexity index is 651. The van der Waals surface area contributed by atoms with Gasteiger partial charge in [0.1, 0.15) is 0 Å². The molecule has 142 valence electrons. The summed E-state index contributed by atoms with van der Waals surface area (Å²) < 4.78 is 0. The van der Waals surface area contributed by atoms with Crippen LogP contribution in [0.3, 0.4) is 0 Å². The summed E-state index contributed by atoms with van der Waals surface area (Å²) >= 11 is 0. The van der Waals surface area contributed by atoms with Gasteiger partial charge in [-0.2, -0.15) is 0 Å². The molecule has 2 atom stereocenters. The van der Waals surface area contributed by atoms with Gasteiger partial charge in [-0.3, -0.25) is 15.6 Å².